The third-order valence-electron chi connectivity index (χ3n) is 2.57. The maximum atomic E-state index is 9.33. The lowest BCUT2D eigenvalue weighted by Crippen LogP contribution is -1.98. The number of thiophene rings is 1. The molecule has 90 valence electrons. The van der Waals surface area contributed by atoms with Gasteiger partial charge in [0.1, 0.15) is 5.75 Å². The zero-order chi connectivity index (χ0) is 12.4. The molecule has 2 N–H and O–H groups in total. The van der Waals surface area contributed by atoms with Crippen molar-refractivity contribution in [3.63, 3.8) is 0 Å². The number of hydrogen-bond acceptors (Lipinski definition) is 3. The van der Waals surface area contributed by atoms with Crippen molar-refractivity contribution >= 4 is 33.0 Å². The molecule has 0 atom stereocenters. The van der Waals surface area contributed by atoms with Crippen LogP contribution in [-0.4, -0.2) is 5.11 Å². The highest BCUT2D eigenvalue weighted by Crippen LogP contribution is 2.27. The zero-order valence-electron chi connectivity index (χ0n) is 9.75. The Labute approximate surface area is 113 Å². The second kappa shape index (κ2) is 5.10. The molecule has 2 rings (SSSR count). The maximum Gasteiger partial charge on any atom is 0.115 e. The summed E-state index contributed by atoms with van der Waals surface area (Å²) in [5.41, 5.74) is 2.11. The standard InChI is InChI=1S/C13H14BrNOS/c1-8-5-10(16)3-4-13(8)15-7-11-6-12(14)9(2)17-11/h3-6,15-16H,7H2,1-2H3. The van der Waals surface area contributed by atoms with Crippen LogP contribution in [0.2, 0.25) is 0 Å². The van der Waals surface area contributed by atoms with Crippen molar-refractivity contribution in [3.05, 3.63) is 44.1 Å². The Morgan fingerprint density at radius 2 is 2.06 bits per heavy atom. The number of rotatable bonds is 3. The summed E-state index contributed by atoms with van der Waals surface area (Å²) in [5, 5.41) is 12.7. The van der Waals surface area contributed by atoms with E-state index in [0.29, 0.717) is 5.75 Å². The number of halogens is 1. The molecule has 0 radical (unpaired) electrons. The first-order valence-electron chi connectivity index (χ1n) is 5.34. The molecule has 0 aliphatic carbocycles. The Hall–Kier alpha value is -1.000. The van der Waals surface area contributed by atoms with Gasteiger partial charge in [0, 0.05) is 26.5 Å². The third-order valence-corrected chi connectivity index (χ3v) is 4.71. The Bertz CT molecular complexity index is 517. The summed E-state index contributed by atoms with van der Waals surface area (Å²) >= 11 is 5.30. The summed E-state index contributed by atoms with van der Waals surface area (Å²) in [4.78, 5) is 2.59. The van der Waals surface area contributed by atoms with Gasteiger partial charge in [-0.2, -0.15) is 0 Å². The summed E-state index contributed by atoms with van der Waals surface area (Å²) in [6.45, 7) is 4.89. The van der Waals surface area contributed by atoms with Crippen molar-refractivity contribution < 1.29 is 5.11 Å². The minimum atomic E-state index is 0.308. The Balaban J connectivity index is 2.07. The van der Waals surface area contributed by atoms with Crippen LogP contribution in [0.1, 0.15) is 15.3 Å². The lowest BCUT2D eigenvalue weighted by molar-refractivity contribution is 0.475. The van der Waals surface area contributed by atoms with Crippen molar-refractivity contribution in [3.8, 4) is 5.75 Å². The molecule has 0 aliphatic rings. The van der Waals surface area contributed by atoms with E-state index in [-0.39, 0.29) is 0 Å². The fourth-order valence-electron chi connectivity index (χ4n) is 1.63. The highest BCUT2D eigenvalue weighted by atomic mass is 79.9. The fraction of sp³-hybridized carbons (Fsp3) is 0.231. The van der Waals surface area contributed by atoms with Crippen molar-refractivity contribution in [2.24, 2.45) is 0 Å². The van der Waals surface area contributed by atoms with Gasteiger partial charge in [-0.3, -0.25) is 0 Å². The average molecular weight is 312 g/mol. The minimum Gasteiger partial charge on any atom is -0.508 e. The molecule has 1 aromatic carbocycles. The van der Waals surface area contributed by atoms with Gasteiger partial charge in [0.15, 0.2) is 0 Å². The van der Waals surface area contributed by atoms with Crippen molar-refractivity contribution in [2.75, 3.05) is 5.32 Å². The molecule has 0 spiro atoms. The Kier molecular flexibility index (Phi) is 3.74. The van der Waals surface area contributed by atoms with Crippen molar-refractivity contribution in [1.82, 2.24) is 0 Å². The molecule has 0 amide bonds. The quantitative estimate of drug-likeness (QED) is 0.821. The number of nitrogens with one attached hydrogen (secondary N) is 1. The summed E-state index contributed by atoms with van der Waals surface area (Å²) < 4.78 is 1.17. The van der Waals surface area contributed by atoms with E-state index in [4.69, 9.17) is 0 Å². The van der Waals surface area contributed by atoms with Crippen LogP contribution in [0.5, 0.6) is 5.75 Å². The Morgan fingerprint density at radius 1 is 1.29 bits per heavy atom. The number of hydrogen-bond donors (Lipinski definition) is 2. The molecule has 0 unspecified atom stereocenters. The fourth-order valence-corrected chi connectivity index (χ4v) is 3.17. The smallest absolute Gasteiger partial charge is 0.115 e. The summed E-state index contributed by atoms with van der Waals surface area (Å²) in [7, 11) is 0. The van der Waals surface area contributed by atoms with Gasteiger partial charge < -0.3 is 10.4 Å². The minimum absolute atomic E-state index is 0.308. The molecule has 0 bridgehead atoms. The zero-order valence-corrected chi connectivity index (χ0v) is 12.2. The first-order chi connectivity index (χ1) is 8.06. The van der Waals surface area contributed by atoms with E-state index in [1.165, 1.54) is 14.2 Å². The molecular weight excluding hydrogens is 298 g/mol. The molecule has 0 saturated heterocycles. The number of phenols is 1. The summed E-state index contributed by atoms with van der Waals surface area (Å²) in [5.74, 6) is 0.308. The van der Waals surface area contributed by atoms with Crippen molar-refractivity contribution in [1.29, 1.82) is 0 Å². The first kappa shape index (κ1) is 12.5. The number of benzene rings is 1. The molecule has 1 aromatic heterocycles. The molecule has 0 aliphatic heterocycles. The highest BCUT2D eigenvalue weighted by molar-refractivity contribution is 9.10. The molecule has 0 saturated carbocycles. The van der Waals surface area contributed by atoms with Gasteiger partial charge in [-0.15, -0.1) is 11.3 Å². The van der Waals surface area contributed by atoms with Crippen LogP contribution in [-0.2, 0) is 6.54 Å². The molecule has 2 nitrogen and oxygen atoms in total. The maximum absolute atomic E-state index is 9.33. The third kappa shape index (κ3) is 3.01. The number of aromatic hydroxyl groups is 1. The highest BCUT2D eigenvalue weighted by Gasteiger charge is 2.04. The molecular formula is C13H14BrNOS. The van der Waals surface area contributed by atoms with E-state index in [0.717, 1.165) is 17.8 Å². The summed E-state index contributed by atoms with van der Waals surface area (Å²) in [6.07, 6.45) is 0. The van der Waals surface area contributed by atoms with Gasteiger partial charge in [0.05, 0.1) is 0 Å². The van der Waals surface area contributed by atoms with E-state index in [9.17, 15) is 5.11 Å². The van der Waals surface area contributed by atoms with Gasteiger partial charge in [0.25, 0.3) is 0 Å². The van der Waals surface area contributed by atoms with E-state index >= 15 is 0 Å². The van der Waals surface area contributed by atoms with Crippen LogP contribution in [0.15, 0.2) is 28.7 Å². The van der Waals surface area contributed by atoms with Gasteiger partial charge in [-0.05, 0) is 59.6 Å². The Morgan fingerprint density at radius 3 is 2.65 bits per heavy atom. The van der Waals surface area contributed by atoms with E-state index < -0.39 is 0 Å². The lowest BCUT2D eigenvalue weighted by atomic mass is 10.2. The SMILES string of the molecule is Cc1cc(O)ccc1NCc1cc(Br)c(C)s1. The number of phenolic OH excluding ortho intramolecular Hbond substituents is 1. The summed E-state index contributed by atoms with van der Waals surface area (Å²) in [6, 6.07) is 7.51. The predicted molar refractivity (Wildman–Crippen MR) is 76.9 cm³/mol. The predicted octanol–water partition coefficient (Wildman–Crippen LogP) is 4.45. The van der Waals surface area contributed by atoms with Gasteiger partial charge in [-0.25, -0.2) is 0 Å². The molecule has 1 heterocycles. The van der Waals surface area contributed by atoms with Crippen LogP contribution in [0.3, 0.4) is 0 Å². The van der Waals surface area contributed by atoms with Crippen LogP contribution < -0.4 is 5.32 Å². The van der Waals surface area contributed by atoms with E-state index in [2.05, 4.69) is 34.2 Å². The second-order valence-corrected chi connectivity index (χ2v) is 6.16. The largest absolute Gasteiger partial charge is 0.508 e. The first-order valence-corrected chi connectivity index (χ1v) is 6.95. The van der Waals surface area contributed by atoms with Crippen LogP contribution >= 0.6 is 27.3 Å². The van der Waals surface area contributed by atoms with Gasteiger partial charge >= 0.3 is 0 Å². The van der Waals surface area contributed by atoms with Crippen LogP contribution in [0, 0.1) is 13.8 Å². The average Bonchev–Trinajstić information content (AvgIpc) is 2.57. The van der Waals surface area contributed by atoms with E-state index in [1.807, 2.05) is 13.0 Å². The topological polar surface area (TPSA) is 32.3 Å². The second-order valence-electron chi connectivity index (χ2n) is 3.97. The molecule has 17 heavy (non-hydrogen) atoms. The van der Waals surface area contributed by atoms with Crippen LogP contribution in [0.4, 0.5) is 5.69 Å². The van der Waals surface area contributed by atoms with Crippen LogP contribution in [0.25, 0.3) is 0 Å². The molecule has 0 fully saturated rings. The number of aryl methyl sites for hydroxylation is 2. The number of anilines is 1. The van der Waals surface area contributed by atoms with E-state index in [1.54, 1.807) is 23.5 Å². The lowest BCUT2D eigenvalue weighted by Gasteiger charge is -2.08. The molecule has 2 aromatic rings. The van der Waals surface area contributed by atoms with Crippen molar-refractivity contribution in [2.45, 2.75) is 20.4 Å². The molecule has 4 heteroatoms. The monoisotopic (exact) mass is 311 g/mol. The normalized spacial score (nSPS) is 10.5. The van der Waals surface area contributed by atoms with Gasteiger partial charge in [-0.1, -0.05) is 0 Å². The van der Waals surface area contributed by atoms with Gasteiger partial charge in [0.2, 0.25) is 0 Å².